The Bertz CT molecular complexity index is 462. The van der Waals surface area contributed by atoms with E-state index in [1.807, 2.05) is 4.90 Å². The highest BCUT2D eigenvalue weighted by Gasteiger charge is 2.27. The van der Waals surface area contributed by atoms with Crippen LogP contribution in [0.1, 0.15) is 27.2 Å². The summed E-state index contributed by atoms with van der Waals surface area (Å²) < 4.78 is 27.0. The average Bonchev–Trinajstić information content (AvgIpc) is 2.72. The first-order chi connectivity index (χ1) is 9.26. The lowest BCUT2D eigenvalue weighted by molar-refractivity contribution is 0.383. The number of anilines is 1. The average molecular weight is 303 g/mol. The second kappa shape index (κ2) is 5.86. The van der Waals surface area contributed by atoms with E-state index in [4.69, 9.17) is 11.6 Å². The smallest absolute Gasteiger partial charge is 0.150 e. The van der Waals surface area contributed by atoms with Crippen LogP contribution in [-0.4, -0.2) is 25.2 Å². The highest BCUT2D eigenvalue weighted by molar-refractivity contribution is 6.33. The lowest BCUT2D eigenvalue weighted by atomic mass is 10.1. The van der Waals surface area contributed by atoms with Crippen LogP contribution in [-0.2, 0) is 0 Å². The topological polar surface area (TPSA) is 15.3 Å². The van der Waals surface area contributed by atoms with Gasteiger partial charge in [0.1, 0.15) is 5.82 Å². The Balaban J connectivity index is 2.03. The van der Waals surface area contributed by atoms with Gasteiger partial charge < -0.3 is 10.2 Å². The van der Waals surface area contributed by atoms with Gasteiger partial charge in [0.2, 0.25) is 0 Å². The van der Waals surface area contributed by atoms with E-state index in [0.717, 1.165) is 32.1 Å². The van der Waals surface area contributed by atoms with Crippen molar-refractivity contribution in [2.45, 2.75) is 32.7 Å². The van der Waals surface area contributed by atoms with Gasteiger partial charge >= 0.3 is 0 Å². The largest absolute Gasteiger partial charge is 0.368 e. The normalized spacial score (nSPS) is 19.7. The molecule has 20 heavy (non-hydrogen) atoms. The van der Waals surface area contributed by atoms with Gasteiger partial charge in [-0.3, -0.25) is 0 Å². The summed E-state index contributed by atoms with van der Waals surface area (Å²) >= 11 is 5.97. The summed E-state index contributed by atoms with van der Waals surface area (Å²) in [6, 6.07) is 2.06. The van der Waals surface area contributed by atoms with Gasteiger partial charge in [-0.2, -0.15) is 0 Å². The molecule has 2 nitrogen and oxygen atoms in total. The fraction of sp³-hybridized carbons (Fsp3) is 0.600. The van der Waals surface area contributed by atoms with E-state index in [1.165, 1.54) is 6.07 Å². The first-order valence-corrected chi connectivity index (χ1v) is 7.28. The molecule has 0 amide bonds. The number of hydrogen-bond donors (Lipinski definition) is 1. The number of rotatable bonds is 3. The van der Waals surface area contributed by atoms with Gasteiger partial charge in [0.15, 0.2) is 5.82 Å². The molecule has 2 rings (SSSR count). The van der Waals surface area contributed by atoms with Crippen molar-refractivity contribution in [3.8, 4) is 0 Å². The zero-order chi connectivity index (χ0) is 14.9. The SMILES string of the molecule is CC(C)(C)NCC1CCN(c2c(F)cc(F)cc2Cl)C1. The Morgan fingerprint density at radius 1 is 1.35 bits per heavy atom. The van der Waals surface area contributed by atoms with Crippen LogP contribution >= 0.6 is 11.6 Å². The van der Waals surface area contributed by atoms with Crippen LogP contribution in [0.15, 0.2) is 12.1 Å². The van der Waals surface area contributed by atoms with Crippen molar-refractivity contribution in [1.82, 2.24) is 5.32 Å². The fourth-order valence-corrected chi connectivity index (χ4v) is 2.80. The van der Waals surface area contributed by atoms with Crippen molar-refractivity contribution in [3.05, 3.63) is 28.8 Å². The third-order valence-electron chi connectivity index (χ3n) is 3.50. The van der Waals surface area contributed by atoms with Crippen molar-refractivity contribution in [1.29, 1.82) is 0 Å². The van der Waals surface area contributed by atoms with Gasteiger partial charge in [-0.25, -0.2) is 8.78 Å². The maximum atomic E-state index is 13.9. The molecule has 0 aromatic heterocycles. The van der Waals surface area contributed by atoms with Crippen LogP contribution in [0.5, 0.6) is 0 Å². The fourth-order valence-electron chi connectivity index (χ4n) is 2.49. The van der Waals surface area contributed by atoms with E-state index in [1.54, 1.807) is 0 Å². The van der Waals surface area contributed by atoms with Gasteiger partial charge in [0.05, 0.1) is 10.7 Å². The quantitative estimate of drug-likeness (QED) is 0.913. The molecule has 0 bridgehead atoms. The zero-order valence-corrected chi connectivity index (χ0v) is 12.9. The molecule has 1 fully saturated rings. The number of nitrogens with one attached hydrogen (secondary N) is 1. The maximum Gasteiger partial charge on any atom is 0.150 e. The van der Waals surface area contributed by atoms with Crippen LogP contribution in [0.3, 0.4) is 0 Å². The van der Waals surface area contributed by atoms with E-state index in [2.05, 4.69) is 26.1 Å². The van der Waals surface area contributed by atoms with Crippen LogP contribution in [0.25, 0.3) is 0 Å². The highest BCUT2D eigenvalue weighted by atomic mass is 35.5. The molecule has 1 aliphatic rings. The number of benzene rings is 1. The Hall–Kier alpha value is -0.870. The summed E-state index contributed by atoms with van der Waals surface area (Å²) in [5.41, 5.74) is 0.401. The van der Waals surface area contributed by atoms with Crippen molar-refractivity contribution >= 4 is 17.3 Å². The molecule has 112 valence electrons. The Morgan fingerprint density at radius 3 is 2.65 bits per heavy atom. The molecule has 1 atom stereocenters. The molecule has 1 heterocycles. The molecule has 0 radical (unpaired) electrons. The van der Waals surface area contributed by atoms with Crippen LogP contribution in [0, 0.1) is 17.6 Å². The number of halogens is 3. The van der Waals surface area contributed by atoms with Gasteiger partial charge in [-0.1, -0.05) is 11.6 Å². The molecule has 5 heteroatoms. The summed E-state index contributed by atoms with van der Waals surface area (Å²) in [7, 11) is 0. The van der Waals surface area contributed by atoms with Crippen LogP contribution < -0.4 is 10.2 Å². The number of hydrogen-bond acceptors (Lipinski definition) is 2. The molecule has 0 spiro atoms. The molecular weight excluding hydrogens is 282 g/mol. The maximum absolute atomic E-state index is 13.9. The van der Waals surface area contributed by atoms with Crippen LogP contribution in [0.4, 0.5) is 14.5 Å². The summed E-state index contributed by atoms with van der Waals surface area (Å²) in [6.07, 6.45) is 0.982. The molecule has 1 N–H and O–H groups in total. The van der Waals surface area contributed by atoms with E-state index >= 15 is 0 Å². The van der Waals surface area contributed by atoms with Crippen LogP contribution in [0.2, 0.25) is 5.02 Å². The minimum atomic E-state index is -0.638. The first-order valence-electron chi connectivity index (χ1n) is 6.91. The molecule has 1 saturated heterocycles. The van der Waals surface area contributed by atoms with E-state index in [0.29, 0.717) is 11.6 Å². The van der Waals surface area contributed by atoms with E-state index in [9.17, 15) is 8.78 Å². The Labute approximate surface area is 124 Å². The lowest BCUT2D eigenvalue weighted by Gasteiger charge is -2.24. The molecule has 0 aliphatic carbocycles. The molecular formula is C15H21ClF2N2. The van der Waals surface area contributed by atoms with Crippen molar-refractivity contribution in [3.63, 3.8) is 0 Å². The highest BCUT2D eigenvalue weighted by Crippen LogP contribution is 2.33. The molecule has 1 aromatic carbocycles. The van der Waals surface area contributed by atoms with Crippen molar-refractivity contribution < 1.29 is 8.78 Å². The molecule has 0 saturated carbocycles. The Kier molecular flexibility index (Phi) is 4.55. The minimum absolute atomic E-state index is 0.0756. The predicted octanol–water partition coefficient (Wildman–Crippen LogP) is 3.83. The summed E-state index contributed by atoms with van der Waals surface area (Å²) in [5.74, 6) is -0.768. The van der Waals surface area contributed by atoms with Gasteiger partial charge in [-0.15, -0.1) is 0 Å². The third-order valence-corrected chi connectivity index (χ3v) is 3.79. The monoisotopic (exact) mass is 302 g/mol. The van der Waals surface area contributed by atoms with Gasteiger partial charge in [0, 0.05) is 31.2 Å². The second-order valence-corrected chi connectivity index (χ2v) is 6.86. The van der Waals surface area contributed by atoms with Gasteiger partial charge in [-0.05, 0) is 39.2 Å². The number of nitrogens with zero attached hydrogens (tertiary/aromatic N) is 1. The first kappa shape index (κ1) is 15.5. The van der Waals surface area contributed by atoms with E-state index < -0.39 is 11.6 Å². The molecule has 1 aromatic rings. The van der Waals surface area contributed by atoms with Crippen molar-refractivity contribution in [2.24, 2.45) is 5.92 Å². The second-order valence-electron chi connectivity index (χ2n) is 6.45. The summed E-state index contributed by atoms with van der Waals surface area (Å²) in [4.78, 5) is 1.91. The molecule has 1 unspecified atom stereocenters. The van der Waals surface area contributed by atoms with Gasteiger partial charge in [0.25, 0.3) is 0 Å². The minimum Gasteiger partial charge on any atom is -0.368 e. The Morgan fingerprint density at radius 2 is 2.05 bits per heavy atom. The summed E-state index contributed by atoms with van der Waals surface area (Å²) in [6.45, 7) is 8.74. The zero-order valence-electron chi connectivity index (χ0n) is 12.1. The predicted molar refractivity (Wildman–Crippen MR) is 79.4 cm³/mol. The van der Waals surface area contributed by atoms with E-state index in [-0.39, 0.29) is 10.6 Å². The lowest BCUT2D eigenvalue weighted by Crippen LogP contribution is -2.39. The third kappa shape index (κ3) is 3.83. The molecule has 1 aliphatic heterocycles. The van der Waals surface area contributed by atoms with Crippen molar-refractivity contribution in [2.75, 3.05) is 24.5 Å². The summed E-state index contributed by atoms with van der Waals surface area (Å²) in [5, 5.41) is 3.61. The standard InChI is InChI=1S/C15H21ClF2N2/c1-15(2,3)19-8-10-4-5-20(9-10)14-12(16)6-11(17)7-13(14)18/h6-7,10,19H,4-5,8-9H2,1-3H3.